The monoisotopic (exact) mass is 544 g/mol. The predicted octanol–water partition coefficient (Wildman–Crippen LogP) is 10.8. The van der Waals surface area contributed by atoms with Crippen LogP contribution >= 0.6 is 0 Å². The van der Waals surface area contributed by atoms with Gasteiger partial charge < -0.3 is 4.74 Å². The Kier molecular flexibility index (Phi) is 9.14. The standard InChI is InChI=1S/C36H39F3O/c1-3-5-24-6-8-25(9-7-24)26-10-14-28(15-11-26)31-19-18-30(23-33(31)37)27-12-16-29(17-13-27)32-20-21-34(40-22-4-2)36(39)35(32)38/h3,5,12-14,16-21,23-26H,4,6-11,15,22H2,1-2H3. The van der Waals surface area contributed by atoms with Crippen molar-refractivity contribution in [3.05, 3.63) is 95.8 Å². The quantitative estimate of drug-likeness (QED) is 0.256. The molecular formula is C36H39F3O. The number of hydrogen-bond acceptors (Lipinski definition) is 1. The van der Waals surface area contributed by atoms with Crippen LogP contribution in [0.15, 0.2) is 72.8 Å². The van der Waals surface area contributed by atoms with Gasteiger partial charge in [-0.2, -0.15) is 4.39 Å². The molecule has 0 radical (unpaired) electrons. The van der Waals surface area contributed by atoms with E-state index in [1.165, 1.54) is 37.8 Å². The first-order valence-electron chi connectivity index (χ1n) is 14.8. The van der Waals surface area contributed by atoms with Crippen LogP contribution in [0.4, 0.5) is 13.2 Å². The van der Waals surface area contributed by atoms with E-state index in [-0.39, 0.29) is 17.1 Å². The molecule has 3 aromatic carbocycles. The summed E-state index contributed by atoms with van der Waals surface area (Å²) in [7, 11) is 0. The molecule has 0 N–H and O–H groups in total. The van der Waals surface area contributed by atoms with E-state index in [0.29, 0.717) is 24.2 Å². The minimum atomic E-state index is -0.979. The molecule has 0 saturated heterocycles. The van der Waals surface area contributed by atoms with E-state index in [1.807, 2.05) is 31.2 Å². The average molecular weight is 545 g/mol. The van der Waals surface area contributed by atoms with Gasteiger partial charge in [0.15, 0.2) is 11.6 Å². The Balaban J connectivity index is 1.25. The van der Waals surface area contributed by atoms with Crippen LogP contribution in [0.1, 0.15) is 70.8 Å². The lowest BCUT2D eigenvalue weighted by atomic mass is 9.71. The molecule has 2 aliphatic rings. The summed E-state index contributed by atoms with van der Waals surface area (Å²) in [6.45, 7) is 4.34. The van der Waals surface area contributed by atoms with Crippen LogP contribution in [-0.2, 0) is 0 Å². The van der Waals surface area contributed by atoms with Crippen LogP contribution in [0, 0.1) is 35.2 Å². The van der Waals surface area contributed by atoms with Crippen LogP contribution in [0.5, 0.6) is 5.75 Å². The van der Waals surface area contributed by atoms with Crippen LogP contribution in [-0.4, -0.2) is 6.61 Å². The van der Waals surface area contributed by atoms with E-state index < -0.39 is 11.6 Å². The molecule has 0 aromatic heterocycles. The highest BCUT2D eigenvalue weighted by Crippen LogP contribution is 2.42. The van der Waals surface area contributed by atoms with Crippen molar-refractivity contribution < 1.29 is 17.9 Å². The Morgan fingerprint density at radius 3 is 2.12 bits per heavy atom. The number of ether oxygens (including phenoxy) is 1. The molecular weight excluding hydrogens is 505 g/mol. The molecule has 0 aliphatic heterocycles. The summed E-state index contributed by atoms with van der Waals surface area (Å²) in [5, 5.41) is 0. The molecule has 3 aromatic rings. The summed E-state index contributed by atoms with van der Waals surface area (Å²) in [4.78, 5) is 0. The molecule has 0 heterocycles. The fourth-order valence-corrected chi connectivity index (χ4v) is 6.48. The van der Waals surface area contributed by atoms with Crippen LogP contribution in [0.3, 0.4) is 0 Å². The van der Waals surface area contributed by atoms with E-state index in [1.54, 1.807) is 18.2 Å². The zero-order valence-corrected chi connectivity index (χ0v) is 23.6. The molecule has 1 nitrogen and oxygen atoms in total. The first kappa shape index (κ1) is 28.3. The van der Waals surface area contributed by atoms with Gasteiger partial charge in [0.05, 0.1) is 6.61 Å². The smallest absolute Gasteiger partial charge is 0.201 e. The second-order valence-electron chi connectivity index (χ2n) is 11.3. The van der Waals surface area contributed by atoms with Gasteiger partial charge in [-0.1, -0.05) is 61.5 Å². The van der Waals surface area contributed by atoms with Gasteiger partial charge in [-0.05, 0) is 117 Å². The normalized spacial score (nSPS) is 21.4. The van der Waals surface area contributed by atoms with Crippen LogP contribution < -0.4 is 4.74 Å². The molecule has 2 aliphatic carbocycles. The number of halogens is 3. The zero-order chi connectivity index (χ0) is 28.1. The lowest BCUT2D eigenvalue weighted by Crippen LogP contribution is -2.22. The fourth-order valence-electron chi connectivity index (χ4n) is 6.48. The molecule has 1 fully saturated rings. The molecule has 210 valence electrons. The van der Waals surface area contributed by atoms with E-state index in [4.69, 9.17) is 4.74 Å². The molecule has 1 atom stereocenters. The zero-order valence-electron chi connectivity index (χ0n) is 23.6. The van der Waals surface area contributed by atoms with Crippen molar-refractivity contribution in [3.8, 4) is 28.0 Å². The molecule has 0 bridgehead atoms. The molecule has 0 amide bonds. The molecule has 5 rings (SSSR count). The maximum atomic E-state index is 15.3. The lowest BCUT2D eigenvalue weighted by molar-refractivity contribution is 0.212. The Labute approximate surface area is 236 Å². The van der Waals surface area contributed by atoms with Gasteiger partial charge in [-0.3, -0.25) is 0 Å². The van der Waals surface area contributed by atoms with Crippen molar-refractivity contribution in [2.24, 2.45) is 17.8 Å². The molecule has 4 heteroatoms. The Morgan fingerprint density at radius 1 is 0.775 bits per heavy atom. The van der Waals surface area contributed by atoms with Gasteiger partial charge in [0.25, 0.3) is 0 Å². The Hall–Kier alpha value is -3.27. The van der Waals surface area contributed by atoms with Crippen molar-refractivity contribution in [1.29, 1.82) is 0 Å². The first-order chi connectivity index (χ1) is 19.5. The van der Waals surface area contributed by atoms with E-state index >= 15 is 4.39 Å². The van der Waals surface area contributed by atoms with Crippen molar-refractivity contribution in [3.63, 3.8) is 0 Å². The summed E-state index contributed by atoms with van der Waals surface area (Å²) in [5.41, 5.74) is 4.11. The molecule has 1 unspecified atom stereocenters. The van der Waals surface area contributed by atoms with Crippen molar-refractivity contribution in [2.45, 2.75) is 65.2 Å². The minimum absolute atomic E-state index is 0.0777. The summed E-state index contributed by atoms with van der Waals surface area (Å²) in [6.07, 6.45) is 15.8. The fraction of sp³-hybridized carbons (Fsp3) is 0.389. The van der Waals surface area contributed by atoms with Crippen molar-refractivity contribution in [1.82, 2.24) is 0 Å². The van der Waals surface area contributed by atoms with E-state index in [0.717, 1.165) is 53.7 Å². The molecule has 0 spiro atoms. The predicted molar refractivity (Wildman–Crippen MR) is 159 cm³/mol. The highest BCUT2D eigenvalue weighted by Gasteiger charge is 2.28. The number of hydrogen-bond donors (Lipinski definition) is 0. The summed E-state index contributed by atoms with van der Waals surface area (Å²) in [6, 6.07) is 15.5. The van der Waals surface area contributed by atoms with E-state index in [2.05, 4.69) is 25.2 Å². The number of allylic oxidation sites excluding steroid dienone is 4. The highest BCUT2D eigenvalue weighted by molar-refractivity contribution is 5.74. The Morgan fingerprint density at radius 2 is 1.48 bits per heavy atom. The first-order valence-corrected chi connectivity index (χ1v) is 14.8. The number of rotatable bonds is 8. The lowest BCUT2D eigenvalue weighted by Gasteiger charge is -2.35. The van der Waals surface area contributed by atoms with Crippen molar-refractivity contribution in [2.75, 3.05) is 6.61 Å². The van der Waals surface area contributed by atoms with Gasteiger partial charge in [-0.25, -0.2) is 8.78 Å². The van der Waals surface area contributed by atoms with Gasteiger partial charge in [0.1, 0.15) is 5.82 Å². The second-order valence-corrected chi connectivity index (χ2v) is 11.3. The van der Waals surface area contributed by atoms with Crippen molar-refractivity contribution >= 4 is 5.57 Å². The Bertz CT molecular complexity index is 1360. The second kappa shape index (κ2) is 12.9. The SMILES string of the molecule is CC=CC1CCC(C2CC=C(c3ccc(-c4ccc(-c5ccc(OCCC)c(F)c5F)cc4)cc3F)CC2)CC1. The topological polar surface area (TPSA) is 9.23 Å². The maximum Gasteiger partial charge on any atom is 0.201 e. The largest absolute Gasteiger partial charge is 0.490 e. The van der Waals surface area contributed by atoms with Gasteiger partial charge in [0, 0.05) is 11.1 Å². The highest BCUT2D eigenvalue weighted by atomic mass is 19.2. The summed E-state index contributed by atoms with van der Waals surface area (Å²) in [5.74, 6) is 0.0658. The minimum Gasteiger partial charge on any atom is -0.490 e. The third-order valence-electron chi connectivity index (χ3n) is 8.75. The van der Waals surface area contributed by atoms with Crippen LogP contribution in [0.25, 0.3) is 27.8 Å². The van der Waals surface area contributed by atoms with Gasteiger partial charge in [-0.15, -0.1) is 0 Å². The van der Waals surface area contributed by atoms with Crippen LogP contribution in [0.2, 0.25) is 0 Å². The molecule has 1 saturated carbocycles. The molecule has 40 heavy (non-hydrogen) atoms. The summed E-state index contributed by atoms with van der Waals surface area (Å²) >= 11 is 0. The van der Waals surface area contributed by atoms with Gasteiger partial charge >= 0.3 is 0 Å². The maximum absolute atomic E-state index is 15.3. The van der Waals surface area contributed by atoms with E-state index in [9.17, 15) is 8.78 Å². The summed E-state index contributed by atoms with van der Waals surface area (Å²) < 4.78 is 49.8. The number of benzene rings is 3. The third kappa shape index (κ3) is 6.22. The van der Waals surface area contributed by atoms with Gasteiger partial charge in [0.2, 0.25) is 5.82 Å². The third-order valence-corrected chi connectivity index (χ3v) is 8.75. The average Bonchev–Trinajstić information content (AvgIpc) is 2.99.